The van der Waals surface area contributed by atoms with Crippen molar-refractivity contribution in [2.75, 3.05) is 20.8 Å². The maximum absolute atomic E-state index is 13.6. The number of hydrogen-bond donors (Lipinski definition) is 0. The van der Waals surface area contributed by atoms with Gasteiger partial charge in [-0.2, -0.15) is 4.31 Å². The van der Waals surface area contributed by atoms with Crippen LogP contribution < -0.4 is 9.47 Å². The van der Waals surface area contributed by atoms with Gasteiger partial charge in [0.25, 0.3) is 0 Å². The van der Waals surface area contributed by atoms with E-state index >= 15 is 0 Å². The second kappa shape index (κ2) is 6.85. The molecule has 2 aliphatic heterocycles. The van der Waals surface area contributed by atoms with Gasteiger partial charge in [0.15, 0.2) is 11.5 Å². The summed E-state index contributed by atoms with van der Waals surface area (Å²) in [5.41, 5.74) is 2.77. The second-order valence-corrected chi connectivity index (χ2v) is 9.44. The van der Waals surface area contributed by atoms with Crippen LogP contribution in [0.4, 0.5) is 0 Å². The molecule has 8 heteroatoms. The molecular weight excluding hydrogens is 404 g/mol. The summed E-state index contributed by atoms with van der Waals surface area (Å²) in [5.74, 6) is 0.860. The Labute approximate surface area is 174 Å². The average molecular weight is 426 g/mol. The molecule has 0 radical (unpaired) electrons. The molecular formula is C22H22N2O5S. The van der Waals surface area contributed by atoms with Gasteiger partial charge in [0.1, 0.15) is 0 Å². The number of rotatable bonds is 4. The Morgan fingerprint density at radius 2 is 1.77 bits per heavy atom. The van der Waals surface area contributed by atoms with Crippen LogP contribution in [-0.4, -0.2) is 44.0 Å². The monoisotopic (exact) mass is 426 g/mol. The molecule has 2 aliphatic rings. The molecule has 7 nitrogen and oxygen atoms in total. The highest BCUT2D eigenvalue weighted by molar-refractivity contribution is 7.89. The minimum atomic E-state index is -3.79. The molecule has 0 bridgehead atoms. The molecule has 30 heavy (non-hydrogen) atoms. The first-order valence-corrected chi connectivity index (χ1v) is 11.3. The van der Waals surface area contributed by atoms with Crippen LogP contribution in [0.2, 0.25) is 0 Å². The predicted octanol–water partition coefficient (Wildman–Crippen LogP) is 3.38. The topological polar surface area (TPSA) is 77.8 Å². The van der Waals surface area contributed by atoms with Gasteiger partial charge >= 0.3 is 0 Å². The minimum absolute atomic E-state index is 0.0223. The molecule has 3 aromatic rings. The summed E-state index contributed by atoms with van der Waals surface area (Å²) in [7, 11) is -0.799. The highest BCUT2D eigenvalue weighted by Gasteiger charge is 2.43. The number of carbonyl (C=O) groups is 1. The van der Waals surface area contributed by atoms with Crippen LogP contribution in [0.3, 0.4) is 0 Å². The normalized spacial score (nSPS) is 19.0. The number of hydrogen-bond acceptors (Lipinski definition) is 5. The van der Waals surface area contributed by atoms with Crippen molar-refractivity contribution >= 4 is 26.8 Å². The molecule has 1 atom stereocenters. The van der Waals surface area contributed by atoms with Gasteiger partial charge in [0.05, 0.1) is 30.7 Å². The first-order valence-electron chi connectivity index (χ1n) is 9.86. The molecule has 1 unspecified atom stereocenters. The van der Waals surface area contributed by atoms with Crippen LogP contribution in [0.25, 0.3) is 10.9 Å². The van der Waals surface area contributed by atoms with Crippen molar-refractivity contribution in [2.45, 2.75) is 30.2 Å². The van der Waals surface area contributed by atoms with E-state index in [2.05, 4.69) is 0 Å². The van der Waals surface area contributed by atoms with Crippen LogP contribution in [-0.2, 0) is 16.4 Å². The molecule has 156 valence electrons. The van der Waals surface area contributed by atoms with E-state index in [9.17, 15) is 13.2 Å². The molecule has 0 fully saturated rings. The van der Waals surface area contributed by atoms with E-state index in [0.717, 1.165) is 22.2 Å². The summed E-state index contributed by atoms with van der Waals surface area (Å²) in [4.78, 5) is 12.9. The quantitative estimate of drug-likeness (QED) is 0.639. The van der Waals surface area contributed by atoms with E-state index in [1.807, 2.05) is 24.3 Å². The lowest BCUT2D eigenvalue weighted by Crippen LogP contribution is -2.43. The number of para-hydroxylation sites is 1. The fourth-order valence-corrected chi connectivity index (χ4v) is 6.41. The van der Waals surface area contributed by atoms with Gasteiger partial charge in [-0.25, -0.2) is 8.42 Å². The Morgan fingerprint density at radius 1 is 1.00 bits per heavy atom. The van der Waals surface area contributed by atoms with Crippen LogP contribution in [0, 0.1) is 0 Å². The van der Waals surface area contributed by atoms with Crippen molar-refractivity contribution in [3.8, 4) is 11.5 Å². The van der Waals surface area contributed by atoms with Crippen LogP contribution in [0.15, 0.2) is 47.4 Å². The molecule has 2 aromatic carbocycles. The third kappa shape index (κ3) is 2.60. The Morgan fingerprint density at radius 3 is 2.53 bits per heavy atom. The Hall–Kier alpha value is -2.84. The molecule has 0 saturated heterocycles. The summed E-state index contributed by atoms with van der Waals surface area (Å²) in [6.07, 6.45) is 1.36. The zero-order valence-corrected chi connectivity index (χ0v) is 17.6. The van der Waals surface area contributed by atoms with Crippen molar-refractivity contribution < 1.29 is 22.7 Å². The highest BCUT2D eigenvalue weighted by atomic mass is 32.2. The molecule has 3 heterocycles. The second-order valence-electron chi connectivity index (χ2n) is 7.55. The number of aromatic nitrogens is 1. The average Bonchev–Trinajstić information content (AvgIpc) is 3.11. The highest BCUT2D eigenvalue weighted by Crippen LogP contribution is 2.44. The van der Waals surface area contributed by atoms with Gasteiger partial charge in [0, 0.05) is 30.1 Å². The molecule has 0 aliphatic carbocycles. The zero-order chi connectivity index (χ0) is 21.0. The third-order valence-electron chi connectivity index (χ3n) is 6.11. The van der Waals surface area contributed by atoms with Crippen molar-refractivity contribution in [1.82, 2.24) is 8.87 Å². The lowest BCUT2D eigenvalue weighted by molar-refractivity contribution is 0.0855. The summed E-state index contributed by atoms with van der Waals surface area (Å²) >= 11 is 0. The maximum Gasteiger partial charge on any atom is 0.243 e. The van der Waals surface area contributed by atoms with E-state index in [1.54, 1.807) is 14.9 Å². The standard InChI is InChI=1S/C22H22N2O5S/c1-28-19-9-7-14(13-20(19)29-2)30(26,27)23-12-11-16-15-5-3-4-6-17(15)24-21(25)10-8-18(23)22(16)24/h3-7,9,13,18H,8,10-12H2,1-2H3. The first-order chi connectivity index (χ1) is 14.5. The number of methoxy groups -OCH3 is 2. The molecule has 0 N–H and O–H groups in total. The summed E-state index contributed by atoms with van der Waals surface area (Å²) in [5, 5.41) is 1.04. The number of fused-ring (bicyclic) bond motifs is 3. The van der Waals surface area contributed by atoms with Crippen molar-refractivity contribution in [3.63, 3.8) is 0 Å². The molecule has 0 amide bonds. The number of ether oxygens (including phenoxy) is 2. The van der Waals surface area contributed by atoms with E-state index in [-0.39, 0.29) is 16.8 Å². The number of benzene rings is 2. The summed E-state index contributed by atoms with van der Waals surface area (Å²) in [6.45, 7) is 0.372. The van der Waals surface area contributed by atoms with Crippen molar-refractivity contribution in [3.05, 3.63) is 53.7 Å². The smallest absolute Gasteiger partial charge is 0.243 e. The van der Waals surface area contributed by atoms with E-state index in [0.29, 0.717) is 37.3 Å². The third-order valence-corrected chi connectivity index (χ3v) is 8.01. The number of sulfonamides is 1. The SMILES string of the molecule is COc1ccc(S(=O)(=O)N2CCc3c4n(c5ccccc35)C(=O)CCC42)cc1OC. The molecule has 0 saturated carbocycles. The van der Waals surface area contributed by atoms with Gasteiger partial charge in [0.2, 0.25) is 15.9 Å². The first kappa shape index (κ1) is 19.1. The Bertz CT molecular complexity index is 1280. The molecule has 1 aromatic heterocycles. The van der Waals surface area contributed by atoms with Crippen LogP contribution in [0.1, 0.15) is 34.9 Å². The lowest BCUT2D eigenvalue weighted by atomic mass is 9.94. The van der Waals surface area contributed by atoms with E-state index in [1.165, 1.54) is 26.4 Å². The van der Waals surface area contributed by atoms with Gasteiger partial charge in [-0.05, 0) is 36.6 Å². The Kier molecular flexibility index (Phi) is 4.37. The molecule has 5 rings (SSSR count). The largest absolute Gasteiger partial charge is 0.493 e. The van der Waals surface area contributed by atoms with E-state index < -0.39 is 10.0 Å². The van der Waals surface area contributed by atoms with Crippen molar-refractivity contribution in [1.29, 1.82) is 0 Å². The predicted molar refractivity (Wildman–Crippen MR) is 112 cm³/mol. The number of carbonyl (C=O) groups excluding carboxylic acids is 1. The molecule has 0 spiro atoms. The zero-order valence-electron chi connectivity index (χ0n) is 16.8. The van der Waals surface area contributed by atoms with Gasteiger partial charge in [-0.1, -0.05) is 18.2 Å². The van der Waals surface area contributed by atoms with Gasteiger partial charge in [-0.15, -0.1) is 0 Å². The summed E-state index contributed by atoms with van der Waals surface area (Å²) in [6, 6.07) is 12.1. The van der Waals surface area contributed by atoms with Gasteiger partial charge < -0.3 is 9.47 Å². The van der Waals surface area contributed by atoms with Crippen molar-refractivity contribution in [2.24, 2.45) is 0 Å². The fraction of sp³-hybridized carbons (Fsp3) is 0.318. The van der Waals surface area contributed by atoms with Crippen LogP contribution in [0.5, 0.6) is 11.5 Å². The lowest BCUT2D eigenvalue weighted by Gasteiger charge is -2.38. The fourth-order valence-electron chi connectivity index (χ4n) is 4.78. The Balaban J connectivity index is 1.64. The van der Waals surface area contributed by atoms with E-state index in [4.69, 9.17) is 9.47 Å². The summed E-state index contributed by atoms with van der Waals surface area (Å²) < 4.78 is 41.0. The number of nitrogens with zero attached hydrogens (tertiary/aromatic N) is 2. The minimum Gasteiger partial charge on any atom is -0.493 e. The van der Waals surface area contributed by atoms with Crippen LogP contribution >= 0.6 is 0 Å². The van der Waals surface area contributed by atoms with Gasteiger partial charge in [-0.3, -0.25) is 9.36 Å². The maximum atomic E-state index is 13.6.